The van der Waals surface area contributed by atoms with Crippen molar-refractivity contribution in [1.82, 2.24) is 4.90 Å². The predicted molar refractivity (Wildman–Crippen MR) is 98.7 cm³/mol. The van der Waals surface area contributed by atoms with E-state index in [1.807, 2.05) is 31.2 Å². The zero-order valence-electron chi connectivity index (χ0n) is 14.9. The minimum absolute atomic E-state index is 0.0793. The van der Waals surface area contributed by atoms with Gasteiger partial charge >= 0.3 is 0 Å². The second-order valence-corrected chi connectivity index (χ2v) is 6.10. The minimum atomic E-state index is -0.215. The van der Waals surface area contributed by atoms with Crippen LogP contribution >= 0.6 is 0 Å². The van der Waals surface area contributed by atoms with Crippen LogP contribution in [0, 0.1) is 0 Å². The molecule has 6 heteroatoms. The lowest BCUT2D eigenvalue weighted by Gasteiger charge is -2.31. The van der Waals surface area contributed by atoms with Gasteiger partial charge in [0, 0.05) is 24.7 Å². The predicted octanol–water partition coefficient (Wildman–Crippen LogP) is 2.95. The molecule has 1 aliphatic heterocycles. The van der Waals surface area contributed by atoms with Crippen LogP contribution in [0.1, 0.15) is 24.2 Å². The smallest absolute Gasteiger partial charge is 0.253 e. The van der Waals surface area contributed by atoms with E-state index in [0.717, 1.165) is 5.75 Å². The number of benzene rings is 2. The van der Waals surface area contributed by atoms with Gasteiger partial charge in [0.1, 0.15) is 6.61 Å². The van der Waals surface area contributed by atoms with Crippen LogP contribution in [0.25, 0.3) is 0 Å². The van der Waals surface area contributed by atoms with Crippen molar-refractivity contribution in [2.45, 2.75) is 20.0 Å². The number of para-hydroxylation sites is 2. The summed E-state index contributed by atoms with van der Waals surface area (Å²) in [4.78, 5) is 25.6. The van der Waals surface area contributed by atoms with Crippen molar-refractivity contribution in [2.24, 2.45) is 0 Å². The molecule has 0 saturated carbocycles. The van der Waals surface area contributed by atoms with Gasteiger partial charge in [0.15, 0.2) is 17.6 Å². The van der Waals surface area contributed by atoms with E-state index in [1.165, 1.54) is 6.92 Å². The van der Waals surface area contributed by atoms with Crippen molar-refractivity contribution < 1.29 is 19.1 Å². The average molecular weight is 354 g/mol. The van der Waals surface area contributed by atoms with Crippen LogP contribution in [0.2, 0.25) is 0 Å². The molecular weight excluding hydrogens is 332 g/mol. The molecule has 0 fully saturated rings. The van der Waals surface area contributed by atoms with E-state index in [4.69, 9.17) is 9.47 Å². The number of ether oxygens (including phenoxy) is 2. The normalized spacial score (nSPS) is 15.2. The maximum Gasteiger partial charge on any atom is 0.253 e. The van der Waals surface area contributed by atoms with Gasteiger partial charge in [0.2, 0.25) is 5.91 Å². The largest absolute Gasteiger partial charge is 0.486 e. The van der Waals surface area contributed by atoms with E-state index in [-0.39, 0.29) is 17.9 Å². The van der Waals surface area contributed by atoms with E-state index in [9.17, 15) is 9.59 Å². The summed E-state index contributed by atoms with van der Waals surface area (Å²) in [6.07, 6.45) is -0.215. The molecule has 2 amide bonds. The third kappa shape index (κ3) is 4.14. The zero-order valence-corrected chi connectivity index (χ0v) is 14.9. The number of amides is 2. The van der Waals surface area contributed by atoms with Gasteiger partial charge in [-0.15, -0.1) is 0 Å². The van der Waals surface area contributed by atoms with E-state index in [1.54, 1.807) is 29.2 Å². The monoisotopic (exact) mass is 354 g/mol. The van der Waals surface area contributed by atoms with E-state index in [0.29, 0.717) is 36.7 Å². The number of carbonyl (C=O) groups excluding carboxylic acids is 2. The van der Waals surface area contributed by atoms with Crippen LogP contribution in [0.4, 0.5) is 5.69 Å². The highest BCUT2D eigenvalue weighted by molar-refractivity contribution is 5.95. The molecule has 2 aromatic rings. The molecule has 0 bridgehead atoms. The fourth-order valence-electron chi connectivity index (χ4n) is 2.84. The quantitative estimate of drug-likeness (QED) is 0.896. The summed E-state index contributed by atoms with van der Waals surface area (Å²) in [6.45, 7) is 4.79. The number of nitrogens with one attached hydrogen (secondary N) is 1. The molecule has 2 aromatic carbocycles. The van der Waals surface area contributed by atoms with Crippen molar-refractivity contribution in [1.29, 1.82) is 0 Å². The van der Waals surface area contributed by atoms with Crippen LogP contribution in [-0.4, -0.2) is 42.5 Å². The summed E-state index contributed by atoms with van der Waals surface area (Å²) in [7, 11) is 0. The number of nitrogens with zero attached hydrogens (tertiary/aromatic N) is 1. The second kappa shape index (κ2) is 7.91. The Morgan fingerprint density at radius 1 is 1.12 bits per heavy atom. The van der Waals surface area contributed by atoms with Gasteiger partial charge in [-0.05, 0) is 43.3 Å². The maximum atomic E-state index is 12.8. The Labute approximate surface area is 152 Å². The summed E-state index contributed by atoms with van der Waals surface area (Å²) < 4.78 is 11.7. The molecule has 0 radical (unpaired) electrons. The highest BCUT2D eigenvalue weighted by Gasteiger charge is 2.25. The van der Waals surface area contributed by atoms with E-state index >= 15 is 0 Å². The third-order valence-corrected chi connectivity index (χ3v) is 4.11. The number of rotatable bonds is 5. The summed E-state index contributed by atoms with van der Waals surface area (Å²) in [5, 5.41) is 2.69. The van der Waals surface area contributed by atoms with Gasteiger partial charge in [-0.3, -0.25) is 9.59 Å². The molecule has 0 spiro atoms. The molecule has 1 N–H and O–H groups in total. The molecule has 1 atom stereocenters. The van der Waals surface area contributed by atoms with Crippen molar-refractivity contribution in [2.75, 3.05) is 25.0 Å². The first-order valence-corrected chi connectivity index (χ1v) is 8.62. The Balaban J connectivity index is 1.65. The molecule has 1 aliphatic rings. The molecule has 1 unspecified atom stereocenters. The van der Waals surface area contributed by atoms with Gasteiger partial charge in [-0.1, -0.05) is 12.1 Å². The molecular formula is C20H22N2O4. The molecule has 0 saturated heterocycles. The fourth-order valence-corrected chi connectivity index (χ4v) is 2.84. The summed E-state index contributed by atoms with van der Waals surface area (Å²) in [5.74, 6) is 1.21. The summed E-state index contributed by atoms with van der Waals surface area (Å²) in [5.41, 5.74) is 1.23. The SMILES string of the molecule is CCN(CC1COc2ccccc2O1)C(=O)c1ccc(NC(C)=O)cc1. The molecule has 0 aliphatic carbocycles. The highest BCUT2D eigenvalue weighted by Crippen LogP contribution is 2.31. The lowest BCUT2D eigenvalue weighted by Crippen LogP contribution is -2.43. The van der Waals surface area contributed by atoms with Crippen molar-refractivity contribution in [3.63, 3.8) is 0 Å². The third-order valence-electron chi connectivity index (χ3n) is 4.11. The minimum Gasteiger partial charge on any atom is -0.486 e. The van der Waals surface area contributed by atoms with E-state index < -0.39 is 0 Å². The molecule has 0 aromatic heterocycles. The molecule has 136 valence electrons. The van der Waals surface area contributed by atoms with Crippen molar-refractivity contribution >= 4 is 17.5 Å². The molecule has 6 nitrogen and oxygen atoms in total. The van der Waals surface area contributed by atoms with Gasteiger partial charge in [0.25, 0.3) is 5.91 Å². The Bertz CT molecular complexity index is 789. The number of fused-ring (bicyclic) bond motifs is 1. The van der Waals surface area contributed by atoms with Crippen molar-refractivity contribution in [3.8, 4) is 11.5 Å². The van der Waals surface area contributed by atoms with Gasteiger partial charge in [-0.25, -0.2) is 0 Å². The second-order valence-electron chi connectivity index (χ2n) is 6.10. The van der Waals surface area contributed by atoms with E-state index in [2.05, 4.69) is 5.32 Å². The van der Waals surface area contributed by atoms with Crippen molar-refractivity contribution in [3.05, 3.63) is 54.1 Å². The Hall–Kier alpha value is -3.02. The first-order valence-electron chi connectivity index (χ1n) is 8.62. The highest BCUT2D eigenvalue weighted by atomic mass is 16.6. The van der Waals surface area contributed by atoms with Crippen LogP contribution < -0.4 is 14.8 Å². The lowest BCUT2D eigenvalue weighted by molar-refractivity contribution is -0.114. The zero-order chi connectivity index (χ0) is 18.5. The Morgan fingerprint density at radius 3 is 2.46 bits per heavy atom. The van der Waals surface area contributed by atoms with Gasteiger partial charge < -0.3 is 19.7 Å². The van der Waals surface area contributed by atoms with Crippen LogP contribution in [-0.2, 0) is 4.79 Å². The van der Waals surface area contributed by atoms with Crippen LogP contribution in [0.3, 0.4) is 0 Å². The molecule has 3 rings (SSSR count). The number of anilines is 1. The van der Waals surface area contributed by atoms with Gasteiger partial charge in [-0.2, -0.15) is 0 Å². The van der Waals surface area contributed by atoms with Gasteiger partial charge in [0.05, 0.1) is 6.54 Å². The summed E-state index contributed by atoms with van der Waals surface area (Å²) >= 11 is 0. The fraction of sp³-hybridized carbons (Fsp3) is 0.300. The molecule has 26 heavy (non-hydrogen) atoms. The Morgan fingerprint density at radius 2 is 1.81 bits per heavy atom. The molecule has 1 heterocycles. The first-order chi connectivity index (χ1) is 12.6. The summed E-state index contributed by atoms with van der Waals surface area (Å²) in [6, 6.07) is 14.4. The van der Waals surface area contributed by atoms with Crippen LogP contribution in [0.15, 0.2) is 48.5 Å². The topological polar surface area (TPSA) is 67.9 Å². The number of likely N-dealkylation sites (N-methyl/N-ethyl adjacent to an activating group) is 1. The standard InChI is InChI=1S/C20H22N2O4/c1-3-22(12-17-13-25-18-6-4-5-7-19(18)26-17)20(24)15-8-10-16(11-9-15)21-14(2)23/h4-11,17H,3,12-13H2,1-2H3,(H,21,23). The number of hydrogen-bond donors (Lipinski definition) is 1. The Kier molecular flexibility index (Phi) is 5.41. The lowest BCUT2D eigenvalue weighted by atomic mass is 10.1. The maximum absolute atomic E-state index is 12.8. The first kappa shape index (κ1) is 17.8. The number of carbonyl (C=O) groups is 2. The average Bonchev–Trinajstić information content (AvgIpc) is 2.65. The number of hydrogen-bond acceptors (Lipinski definition) is 4. The van der Waals surface area contributed by atoms with Crippen LogP contribution in [0.5, 0.6) is 11.5 Å².